The van der Waals surface area contributed by atoms with Crippen LogP contribution in [0.4, 0.5) is 0 Å². The van der Waals surface area contributed by atoms with E-state index in [0.717, 1.165) is 13.0 Å². The molecule has 146 valence electrons. The number of sulfone groups is 1. The van der Waals surface area contributed by atoms with Gasteiger partial charge in [0.1, 0.15) is 9.84 Å². The molecule has 1 atom stereocenters. The molecule has 0 fully saturated rings. The van der Waals surface area contributed by atoms with E-state index in [0.29, 0.717) is 24.8 Å². The van der Waals surface area contributed by atoms with E-state index in [9.17, 15) is 8.42 Å². The van der Waals surface area contributed by atoms with E-state index in [1.807, 2.05) is 12.1 Å². The Hall–Kier alpha value is -2.34. The number of nitrogens with zero attached hydrogens (tertiary/aromatic N) is 1. The summed E-state index contributed by atoms with van der Waals surface area (Å²) in [5.74, 6) is 1.18. The first-order valence-electron chi connectivity index (χ1n) is 9.19. The first-order chi connectivity index (χ1) is 13.0. The number of hydrogen-bond acceptors (Lipinski definition) is 3. The van der Waals surface area contributed by atoms with Crippen LogP contribution in [-0.2, 0) is 16.3 Å². The monoisotopic (exact) mass is 387 g/mol. The molecule has 0 aromatic heterocycles. The van der Waals surface area contributed by atoms with Crippen molar-refractivity contribution in [3.8, 4) is 0 Å². The quantitative estimate of drug-likeness (QED) is 0.394. The number of guanidine groups is 1. The maximum atomic E-state index is 11.2. The summed E-state index contributed by atoms with van der Waals surface area (Å²) < 4.78 is 22.4. The zero-order chi connectivity index (χ0) is 19.5. The number of nitrogens with one attached hydrogen (secondary N) is 2. The minimum atomic E-state index is -2.93. The van der Waals surface area contributed by atoms with Gasteiger partial charge >= 0.3 is 0 Å². The highest BCUT2D eigenvalue weighted by atomic mass is 32.2. The lowest BCUT2D eigenvalue weighted by molar-refractivity contribution is 0.598. The van der Waals surface area contributed by atoms with Crippen LogP contribution in [0.2, 0.25) is 0 Å². The number of aliphatic imine (C=N–C) groups is 1. The second kappa shape index (κ2) is 10.7. The summed E-state index contributed by atoms with van der Waals surface area (Å²) in [5, 5.41) is 6.56. The lowest BCUT2D eigenvalue weighted by atomic mass is 9.92. The van der Waals surface area contributed by atoms with Crippen molar-refractivity contribution in [2.24, 2.45) is 4.99 Å². The van der Waals surface area contributed by atoms with Crippen molar-refractivity contribution in [2.45, 2.75) is 18.8 Å². The van der Waals surface area contributed by atoms with Crippen molar-refractivity contribution < 1.29 is 8.42 Å². The highest BCUT2D eigenvalue weighted by molar-refractivity contribution is 7.90. The van der Waals surface area contributed by atoms with Gasteiger partial charge in [0, 0.05) is 32.3 Å². The summed E-state index contributed by atoms with van der Waals surface area (Å²) in [6.45, 7) is 1.31. The Balaban J connectivity index is 1.94. The summed E-state index contributed by atoms with van der Waals surface area (Å²) >= 11 is 0. The summed E-state index contributed by atoms with van der Waals surface area (Å²) in [6, 6.07) is 20.9. The topological polar surface area (TPSA) is 70.6 Å². The fourth-order valence-electron chi connectivity index (χ4n) is 2.91. The Kier molecular flexibility index (Phi) is 8.33. The maximum Gasteiger partial charge on any atom is 0.190 e. The van der Waals surface area contributed by atoms with E-state index in [1.54, 1.807) is 7.05 Å². The van der Waals surface area contributed by atoms with E-state index < -0.39 is 9.84 Å². The van der Waals surface area contributed by atoms with Gasteiger partial charge in [-0.05, 0) is 24.0 Å². The molecular weight excluding hydrogens is 358 g/mol. The van der Waals surface area contributed by atoms with E-state index >= 15 is 0 Å². The van der Waals surface area contributed by atoms with Gasteiger partial charge < -0.3 is 10.6 Å². The summed E-state index contributed by atoms with van der Waals surface area (Å²) in [7, 11) is -1.20. The summed E-state index contributed by atoms with van der Waals surface area (Å²) in [5.41, 5.74) is 2.57. The van der Waals surface area contributed by atoms with Crippen LogP contribution >= 0.6 is 0 Å². The highest BCUT2D eigenvalue weighted by Crippen LogP contribution is 2.20. The fourth-order valence-corrected chi connectivity index (χ4v) is 3.58. The van der Waals surface area contributed by atoms with Crippen LogP contribution in [0.1, 0.15) is 23.5 Å². The van der Waals surface area contributed by atoms with Crippen LogP contribution in [0.3, 0.4) is 0 Å². The fraction of sp³-hybridized carbons (Fsp3) is 0.381. The normalized spacial score (nSPS) is 13.2. The Morgan fingerprint density at radius 2 is 1.63 bits per heavy atom. The molecule has 0 saturated carbocycles. The second-order valence-corrected chi connectivity index (χ2v) is 8.92. The molecule has 0 spiro atoms. The van der Waals surface area contributed by atoms with Crippen molar-refractivity contribution >= 4 is 15.8 Å². The largest absolute Gasteiger partial charge is 0.356 e. The minimum Gasteiger partial charge on any atom is -0.356 e. The van der Waals surface area contributed by atoms with Gasteiger partial charge in [-0.25, -0.2) is 8.42 Å². The Labute approximate surface area is 162 Å². The molecule has 6 heteroatoms. The van der Waals surface area contributed by atoms with E-state index in [1.165, 1.54) is 17.4 Å². The van der Waals surface area contributed by atoms with Gasteiger partial charge in [0.2, 0.25) is 0 Å². The molecule has 0 bridgehead atoms. The van der Waals surface area contributed by atoms with Gasteiger partial charge in [-0.1, -0.05) is 60.7 Å². The molecule has 2 aromatic rings. The Morgan fingerprint density at radius 3 is 2.22 bits per heavy atom. The molecule has 1 unspecified atom stereocenters. The molecule has 2 aromatic carbocycles. The first-order valence-corrected chi connectivity index (χ1v) is 11.2. The summed E-state index contributed by atoms with van der Waals surface area (Å²) in [6.07, 6.45) is 2.75. The molecular formula is C21H29N3O2S. The molecule has 0 aliphatic heterocycles. The van der Waals surface area contributed by atoms with E-state index in [-0.39, 0.29) is 5.75 Å². The van der Waals surface area contributed by atoms with E-state index in [2.05, 4.69) is 64.2 Å². The zero-order valence-electron chi connectivity index (χ0n) is 16.1. The second-order valence-electron chi connectivity index (χ2n) is 6.66. The van der Waals surface area contributed by atoms with Crippen molar-refractivity contribution in [3.05, 3.63) is 71.8 Å². The molecule has 0 aliphatic carbocycles. The molecule has 2 rings (SSSR count). The average molecular weight is 388 g/mol. The molecule has 0 aliphatic rings. The van der Waals surface area contributed by atoms with Gasteiger partial charge in [0.25, 0.3) is 0 Å². The molecule has 0 amide bonds. The third kappa shape index (κ3) is 8.26. The van der Waals surface area contributed by atoms with E-state index in [4.69, 9.17) is 0 Å². The predicted molar refractivity (Wildman–Crippen MR) is 113 cm³/mol. The van der Waals surface area contributed by atoms with Gasteiger partial charge in [0.15, 0.2) is 5.96 Å². The lowest BCUT2D eigenvalue weighted by Gasteiger charge is -2.20. The molecule has 2 N–H and O–H groups in total. The summed E-state index contributed by atoms with van der Waals surface area (Å²) in [4.78, 5) is 4.24. The third-order valence-corrected chi connectivity index (χ3v) is 5.35. The van der Waals surface area contributed by atoms with Crippen molar-refractivity contribution in [1.82, 2.24) is 10.6 Å². The average Bonchev–Trinajstić information content (AvgIpc) is 2.67. The van der Waals surface area contributed by atoms with Crippen molar-refractivity contribution in [2.75, 3.05) is 32.1 Å². The van der Waals surface area contributed by atoms with Gasteiger partial charge in [-0.15, -0.1) is 0 Å². The maximum absolute atomic E-state index is 11.2. The SMILES string of the molecule is CN=C(NCCCS(C)(=O)=O)NCC(Cc1ccccc1)c1ccccc1. The van der Waals surface area contributed by atoms with Crippen LogP contribution < -0.4 is 10.6 Å². The number of benzene rings is 2. The smallest absolute Gasteiger partial charge is 0.190 e. The molecule has 0 radical (unpaired) electrons. The third-order valence-electron chi connectivity index (χ3n) is 4.32. The minimum absolute atomic E-state index is 0.178. The van der Waals surface area contributed by atoms with Gasteiger partial charge in [0.05, 0.1) is 5.75 Å². The van der Waals surface area contributed by atoms with Crippen LogP contribution in [-0.4, -0.2) is 46.5 Å². The number of rotatable bonds is 9. The Bertz CT molecular complexity index is 806. The Morgan fingerprint density at radius 1 is 1.00 bits per heavy atom. The zero-order valence-corrected chi connectivity index (χ0v) is 16.9. The molecule has 5 nitrogen and oxygen atoms in total. The molecule has 27 heavy (non-hydrogen) atoms. The van der Waals surface area contributed by atoms with Crippen molar-refractivity contribution in [3.63, 3.8) is 0 Å². The number of hydrogen-bond donors (Lipinski definition) is 2. The first kappa shape index (κ1) is 21.0. The van der Waals surface area contributed by atoms with Crippen LogP contribution in [0.25, 0.3) is 0 Å². The predicted octanol–water partition coefficient (Wildman–Crippen LogP) is 2.61. The molecule has 0 heterocycles. The van der Waals surface area contributed by atoms with Crippen LogP contribution in [0, 0.1) is 0 Å². The highest BCUT2D eigenvalue weighted by Gasteiger charge is 2.13. The van der Waals surface area contributed by atoms with Gasteiger partial charge in [-0.2, -0.15) is 0 Å². The molecule has 0 saturated heterocycles. The van der Waals surface area contributed by atoms with Gasteiger partial charge in [-0.3, -0.25) is 4.99 Å². The lowest BCUT2D eigenvalue weighted by Crippen LogP contribution is -2.40. The van der Waals surface area contributed by atoms with Crippen LogP contribution in [0.15, 0.2) is 65.7 Å². The van der Waals surface area contributed by atoms with Crippen LogP contribution in [0.5, 0.6) is 0 Å². The standard InChI is InChI=1S/C21H29N3O2S/c1-22-21(23-14-9-15-27(2,25)26)24-17-20(19-12-7-4-8-13-19)16-18-10-5-3-6-11-18/h3-8,10-13,20H,9,14-17H2,1-2H3,(H2,22,23,24). The van der Waals surface area contributed by atoms with Crippen molar-refractivity contribution in [1.29, 1.82) is 0 Å².